The number of hydrogen-bond donors (Lipinski definition) is 1. The van der Waals surface area contributed by atoms with Gasteiger partial charge in [-0.2, -0.15) is 0 Å². The van der Waals surface area contributed by atoms with E-state index < -0.39 is 0 Å². The van der Waals surface area contributed by atoms with Gasteiger partial charge in [-0.05, 0) is 0 Å². The monoisotopic (exact) mass is 303 g/mol. The van der Waals surface area contributed by atoms with Crippen LogP contribution in [0.4, 0.5) is 0 Å². The average Bonchev–Trinajstić information content (AvgIpc) is 2.45. The first-order valence-corrected chi connectivity index (χ1v) is 7.16. The molecule has 76 valence electrons. The molecule has 1 N–H and O–H groups in total. The Morgan fingerprint density at radius 2 is 2.36 bits per heavy atom. The first-order chi connectivity index (χ1) is 6.77. The molecule has 0 bridgehead atoms. The third-order valence-electron chi connectivity index (χ3n) is 2.00. The van der Waals surface area contributed by atoms with Crippen LogP contribution in [-0.2, 0) is 0 Å². The number of halogens is 1. The Labute approximate surface area is 93.5 Å². The summed E-state index contributed by atoms with van der Waals surface area (Å²) in [6.45, 7) is 4.07. The van der Waals surface area contributed by atoms with E-state index in [0.29, 0.717) is 0 Å². The van der Waals surface area contributed by atoms with Crippen LogP contribution < -0.4 is 26.5 Å². The molecule has 1 aromatic heterocycles. The number of allylic oxidation sites excluding steroid dienone is 2. The van der Waals surface area contributed by atoms with Gasteiger partial charge >= 0.3 is 93.6 Å². The molecule has 0 spiro atoms. The fraction of sp³-hybridized carbons (Fsp3) is 0.300. The number of aromatic nitrogens is 1. The van der Waals surface area contributed by atoms with Crippen molar-refractivity contribution in [3.63, 3.8) is 0 Å². The Balaban J connectivity index is 2.35. The second kappa shape index (κ2) is 4.16. The number of alkyl halides is 1. The molecule has 3 nitrogen and oxygen atoms in total. The van der Waals surface area contributed by atoms with Crippen LogP contribution in [-0.4, -0.2) is 9.71 Å². The van der Waals surface area contributed by atoms with Crippen molar-refractivity contribution in [2.24, 2.45) is 0 Å². The molecule has 0 amide bonds. The average molecular weight is 303 g/mol. The van der Waals surface area contributed by atoms with E-state index in [0.717, 1.165) is 21.6 Å². The summed E-state index contributed by atoms with van der Waals surface area (Å²) in [6.07, 6.45) is 3.93. The topological polar surface area (TPSA) is 38.1 Å². The zero-order valence-corrected chi connectivity index (χ0v) is 10.3. The van der Waals surface area contributed by atoms with E-state index in [1.807, 2.05) is 6.92 Å². The van der Waals surface area contributed by atoms with Gasteiger partial charge in [0.05, 0.1) is 0 Å². The van der Waals surface area contributed by atoms with Gasteiger partial charge in [-0.1, -0.05) is 0 Å². The number of aryl methyl sites for hydroxylation is 1. The maximum absolute atomic E-state index is 5.05. The van der Waals surface area contributed by atoms with E-state index in [2.05, 4.69) is 27.6 Å². The van der Waals surface area contributed by atoms with Crippen LogP contribution in [0.3, 0.4) is 0 Å². The van der Waals surface area contributed by atoms with Crippen LogP contribution in [0, 0.1) is 6.92 Å². The summed E-state index contributed by atoms with van der Waals surface area (Å²) < 4.78 is 8.46. The van der Waals surface area contributed by atoms with Crippen LogP contribution in [0.15, 0.2) is 26.5 Å². The van der Waals surface area contributed by atoms with E-state index in [1.54, 1.807) is 6.20 Å². The Bertz CT molecular complexity index is 393. The molecule has 1 aliphatic heterocycles. The van der Waals surface area contributed by atoms with E-state index >= 15 is 0 Å². The third kappa shape index (κ3) is 2.00. The molecule has 1 aliphatic rings. The molecule has 2 rings (SSSR count). The van der Waals surface area contributed by atoms with Crippen LogP contribution in [0.1, 0.15) is 18.2 Å². The predicted molar refractivity (Wildman–Crippen MR) is 51.0 cm³/mol. The number of nitrogens with one attached hydrogen (secondary N) is 1. The normalized spacial score (nSPS) is 17.3. The van der Waals surface area contributed by atoms with Gasteiger partial charge in [0.15, 0.2) is 0 Å². The summed E-state index contributed by atoms with van der Waals surface area (Å²) >= 11 is 0.156. The molecule has 2 heterocycles. The van der Waals surface area contributed by atoms with Crippen molar-refractivity contribution in [3.8, 4) is 0 Å². The first kappa shape index (κ1) is 9.76. The van der Waals surface area contributed by atoms with Gasteiger partial charge in [-0.15, -0.1) is 0 Å². The van der Waals surface area contributed by atoms with Gasteiger partial charge in [0.25, 0.3) is 0 Å². The fourth-order valence-corrected chi connectivity index (χ4v) is 3.04. The van der Waals surface area contributed by atoms with Crippen LogP contribution in [0.25, 0.3) is 5.70 Å². The van der Waals surface area contributed by atoms with Gasteiger partial charge in [0.2, 0.25) is 0 Å². The molecule has 4 heteroatoms. The SMILES string of the molecule is CC1=C[I-]CNC(c2cnoc2C)=C1. The van der Waals surface area contributed by atoms with Crippen molar-refractivity contribution in [3.05, 3.63) is 33.3 Å². The molecule has 0 aromatic carbocycles. The predicted octanol–water partition coefficient (Wildman–Crippen LogP) is -1.12. The standard InChI is InChI=1S/C10H12IN2O/c1-7-3-10(12-6-11-4-7)9-5-13-14-8(9)2/h3-5,12H,6H2,1-2H3/q-1. The van der Waals surface area contributed by atoms with Gasteiger partial charge in [0.1, 0.15) is 0 Å². The second-order valence-electron chi connectivity index (χ2n) is 3.17. The van der Waals surface area contributed by atoms with E-state index in [-0.39, 0.29) is 21.2 Å². The van der Waals surface area contributed by atoms with E-state index in [4.69, 9.17) is 4.52 Å². The van der Waals surface area contributed by atoms with Crippen LogP contribution in [0.2, 0.25) is 0 Å². The van der Waals surface area contributed by atoms with Crippen molar-refractivity contribution < 1.29 is 25.7 Å². The quantitative estimate of drug-likeness (QED) is 0.406. The molecule has 0 radical (unpaired) electrons. The van der Waals surface area contributed by atoms with Gasteiger partial charge in [-0.25, -0.2) is 0 Å². The molecular formula is C10H12IN2O-. The van der Waals surface area contributed by atoms with Crippen molar-refractivity contribution in [1.82, 2.24) is 10.5 Å². The Kier molecular flexibility index (Phi) is 2.90. The zero-order chi connectivity index (χ0) is 9.97. The van der Waals surface area contributed by atoms with Gasteiger partial charge < -0.3 is 0 Å². The third-order valence-corrected chi connectivity index (χ3v) is 4.24. The van der Waals surface area contributed by atoms with Crippen molar-refractivity contribution in [1.29, 1.82) is 0 Å². The fourth-order valence-electron chi connectivity index (χ4n) is 1.31. The summed E-state index contributed by atoms with van der Waals surface area (Å²) in [5.41, 5.74) is 3.54. The Morgan fingerprint density at radius 1 is 1.50 bits per heavy atom. The molecule has 1 aromatic rings. The van der Waals surface area contributed by atoms with E-state index in [1.165, 1.54) is 5.57 Å². The Hall–Kier alpha value is -0.780. The minimum atomic E-state index is 0.156. The number of rotatable bonds is 1. The molecule has 0 atom stereocenters. The summed E-state index contributed by atoms with van der Waals surface area (Å²) in [6, 6.07) is 0. The summed E-state index contributed by atoms with van der Waals surface area (Å²) in [5.74, 6) is 0.872. The summed E-state index contributed by atoms with van der Waals surface area (Å²) in [4.78, 5) is 0. The van der Waals surface area contributed by atoms with Gasteiger partial charge in [-0.3, -0.25) is 0 Å². The van der Waals surface area contributed by atoms with Gasteiger partial charge in [0, 0.05) is 0 Å². The van der Waals surface area contributed by atoms with Crippen molar-refractivity contribution >= 4 is 5.70 Å². The maximum atomic E-state index is 5.05. The zero-order valence-electron chi connectivity index (χ0n) is 8.17. The Morgan fingerprint density at radius 3 is 3.07 bits per heavy atom. The van der Waals surface area contributed by atoms with Crippen LogP contribution in [0.5, 0.6) is 0 Å². The van der Waals surface area contributed by atoms with Crippen molar-refractivity contribution in [2.75, 3.05) is 4.55 Å². The molecule has 0 saturated carbocycles. The molecule has 0 aliphatic carbocycles. The number of nitrogens with zero attached hydrogens (tertiary/aromatic N) is 1. The van der Waals surface area contributed by atoms with Crippen molar-refractivity contribution in [2.45, 2.75) is 13.8 Å². The summed E-state index contributed by atoms with van der Waals surface area (Å²) in [5, 5.41) is 7.20. The summed E-state index contributed by atoms with van der Waals surface area (Å²) in [7, 11) is 0. The molecule has 0 saturated heterocycles. The molecule has 0 fully saturated rings. The molecule has 0 unspecified atom stereocenters. The molecule has 14 heavy (non-hydrogen) atoms. The second-order valence-corrected chi connectivity index (χ2v) is 5.44. The minimum absolute atomic E-state index is 0.156. The van der Waals surface area contributed by atoms with Crippen LogP contribution >= 0.6 is 0 Å². The van der Waals surface area contributed by atoms with E-state index in [9.17, 15) is 0 Å². The number of hydrogen-bond acceptors (Lipinski definition) is 3. The first-order valence-electron chi connectivity index (χ1n) is 4.39. The molecular weight excluding hydrogens is 291 g/mol.